The fourth-order valence-electron chi connectivity index (χ4n) is 2.44. The topological polar surface area (TPSA) is 59.1 Å². The molecule has 0 radical (unpaired) electrons. The molecule has 126 valence electrons. The summed E-state index contributed by atoms with van der Waals surface area (Å²) in [6.45, 7) is 1.01. The van der Waals surface area contributed by atoms with Gasteiger partial charge in [0.25, 0.3) is 0 Å². The summed E-state index contributed by atoms with van der Waals surface area (Å²) in [6.07, 6.45) is 0. The van der Waals surface area contributed by atoms with Gasteiger partial charge >= 0.3 is 0 Å². The Balaban J connectivity index is 2.07. The third kappa shape index (κ3) is 4.17. The first-order chi connectivity index (χ1) is 11.1. The van der Waals surface area contributed by atoms with Crippen LogP contribution in [0.15, 0.2) is 24.3 Å². The number of carbonyl (C=O) groups is 2. The zero-order chi connectivity index (χ0) is 16.8. The lowest BCUT2D eigenvalue weighted by molar-refractivity contribution is -0.135. The SMILES string of the molecule is COCC(=O)N(C)CCN1C(=O)CS[C@@H]1c1ccccc1OC. The van der Waals surface area contributed by atoms with Crippen LogP contribution >= 0.6 is 11.8 Å². The molecule has 2 amide bonds. The van der Waals surface area contributed by atoms with Crippen LogP contribution in [0.5, 0.6) is 5.75 Å². The van der Waals surface area contributed by atoms with E-state index in [1.165, 1.54) is 7.11 Å². The second-order valence-corrected chi connectivity index (χ2v) is 6.31. The number of likely N-dealkylation sites (N-methyl/N-ethyl adjacent to an activating group) is 1. The molecule has 0 saturated carbocycles. The molecule has 0 aliphatic carbocycles. The summed E-state index contributed by atoms with van der Waals surface area (Å²) >= 11 is 1.58. The van der Waals surface area contributed by atoms with Gasteiger partial charge in [-0.2, -0.15) is 0 Å². The Morgan fingerprint density at radius 1 is 1.39 bits per heavy atom. The Kier molecular flexibility index (Phi) is 6.29. The van der Waals surface area contributed by atoms with Gasteiger partial charge in [-0.25, -0.2) is 0 Å². The predicted molar refractivity (Wildman–Crippen MR) is 89.4 cm³/mol. The first-order valence-corrected chi connectivity index (χ1v) is 8.40. The van der Waals surface area contributed by atoms with E-state index in [-0.39, 0.29) is 23.8 Å². The summed E-state index contributed by atoms with van der Waals surface area (Å²) < 4.78 is 10.3. The average molecular weight is 338 g/mol. The molecular formula is C16H22N2O4S. The summed E-state index contributed by atoms with van der Waals surface area (Å²) in [5.41, 5.74) is 0.983. The Hall–Kier alpha value is -1.73. The molecular weight excluding hydrogens is 316 g/mol. The largest absolute Gasteiger partial charge is 0.496 e. The Morgan fingerprint density at radius 3 is 2.83 bits per heavy atom. The molecule has 1 atom stereocenters. The first kappa shape index (κ1) is 17.6. The van der Waals surface area contributed by atoms with E-state index in [4.69, 9.17) is 9.47 Å². The third-order valence-electron chi connectivity index (χ3n) is 3.74. The van der Waals surface area contributed by atoms with E-state index in [1.807, 2.05) is 24.3 Å². The maximum Gasteiger partial charge on any atom is 0.248 e. The van der Waals surface area contributed by atoms with E-state index in [0.717, 1.165) is 11.3 Å². The molecule has 1 heterocycles. The maximum atomic E-state index is 12.2. The van der Waals surface area contributed by atoms with Crippen molar-refractivity contribution in [3.63, 3.8) is 0 Å². The second kappa shape index (κ2) is 8.21. The van der Waals surface area contributed by atoms with E-state index in [0.29, 0.717) is 18.8 Å². The number of carbonyl (C=O) groups excluding carboxylic acids is 2. The number of para-hydroxylation sites is 1. The van der Waals surface area contributed by atoms with E-state index in [2.05, 4.69) is 0 Å². The normalized spacial score (nSPS) is 17.4. The fraction of sp³-hybridized carbons (Fsp3) is 0.500. The van der Waals surface area contributed by atoms with Gasteiger partial charge in [-0.05, 0) is 6.07 Å². The minimum atomic E-state index is -0.0966. The summed E-state index contributed by atoms with van der Waals surface area (Å²) in [5.74, 6) is 1.20. The van der Waals surface area contributed by atoms with Gasteiger partial charge < -0.3 is 19.3 Å². The standard InChI is InChI=1S/C16H22N2O4S/c1-17(14(19)10-21-2)8-9-18-15(20)11-23-16(18)12-6-4-5-7-13(12)22-3/h4-7,16H,8-11H2,1-3H3/t16-/m1/s1. The molecule has 1 aromatic rings. The number of methoxy groups -OCH3 is 2. The molecule has 1 aliphatic heterocycles. The van der Waals surface area contributed by atoms with Gasteiger partial charge in [0.15, 0.2) is 0 Å². The van der Waals surface area contributed by atoms with Crippen LogP contribution in [0.1, 0.15) is 10.9 Å². The molecule has 0 aromatic heterocycles. The van der Waals surface area contributed by atoms with Crippen molar-refractivity contribution < 1.29 is 19.1 Å². The molecule has 1 saturated heterocycles. The number of hydrogen-bond acceptors (Lipinski definition) is 5. The van der Waals surface area contributed by atoms with E-state index in [9.17, 15) is 9.59 Å². The molecule has 0 N–H and O–H groups in total. The van der Waals surface area contributed by atoms with Crippen LogP contribution in [0, 0.1) is 0 Å². The maximum absolute atomic E-state index is 12.2. The lowest BCUT2D eigenvalue weighted by Crippen LogP contribution is -2.39. The highest BCUT2D eigenvalue weighted by Crippen LogP contribution is 2.42. The summed E-state index contributed by atoms with van der Waals surface area (Å²) in [5, 5.41) is -0.0791. The minimum Gasteiger partial charge on any atom is -0.496 e. The van der Waals surface area contributed by atoms with Gasteiger partial charge in [0, 0.05) is 32.8 Å². The molecule has 7 heteroatoms. The Morgan fingerprint density at radius 2 is 2.13 bits per heavy atom. The number of amides is 2. The van der Waals surface area contributed by atoms with E-state index < -0.39 is 0 Å². The molecule has 0 unspecified atom stereocenters. The second-order valence-electron chi connectivity index (χ2n) is 5.24. The number of benzene rings is 1. The van der Waals surface area contributed by atoms with Gasteiger partial charge in [0.1, 0.15) is 17.7 Å². The highest BCUT2D eigenvalue weighted by atomic mass is 32.2. The monoisotopic (exact) mass is 338 g/mol. The number of rotatable bonds is 7. The summed E-state index contributed by atoms with van der Waals surface area (Å²) in [4.78, 5) is 27.3. The summed E-state index contributed by atoms with van der Waals surface area (Å²) in [6, 6.07) is 7.71. The Bertz CT molecular complexity index is 567. The lowest BCUT2D eigenvalue weighted by Gasteiger charge is -2.27. The number of ether oxygens (including phenoxy) is 2. The molecule has 23 heavy (non-hydrogen) atoms. The molecule has 1 fully saturated rings. The van der Waals surface area contributed by atoms with Crippen molar-refractivity contribution in [1.82, 2.24) is 9.80 Å². The Labute approximate surface area is 140 Å². The van der Waals surface area contributed by atoms with E-state index in [1.54, 1.807) is 35.7 Å². The van der Waals surface area contributed by atoms with Crippen molar-refractivity contribution in [2.45, 2.75) is 5.37 Å². The first-order valence-electron chi connectivity index (χ1n) is 7.35. The average Bonchev–Trinajstić information content (AvgIpc) is 2.93. The van der Waals surface area contributed by atoms with Crippen LogP contribution < -0.4 is 4.74 Å². The van der Waals surface area contributed by atoms with Gasteiger partial charge in [-0.3, -0.25) is 9.59 Å². The molecule has 1 aromatic carbocycles. The van der Waals surface area contributed by atoms with Crippen LogP contribution in [0.4, 0.5) is 0 Å². The van der Waals surface area contributed by atoms with Gasteiger partial charge in [0.05, 0.1) is 12.9 Å². The predicted octanol–water partition coefficient (Wildman–Crippen LogP) is 1.37. The fourth-order valence-corrected chi connectivity index (χ4v) is 3.68. The zero-order valence-electron chi connectivity index (χ0n) is 13.7. The van der Waals surface area contributed by atoms with Crippen LogP contribution in [0.2, 0.25) is 0 Å². The molecule has 0 spiro atoms. The van der Waals surface area contributed by atoms with Crippen LogP contribution in [0.25, 0.3) is 0 Å². The van der Waals surface area contributed by atoms with Crippen LogP contribution in [-0.2, 0) is 14.3 Å². The van der Waals surface area contributed by atoms with Crippen molar-refractivity contribution in [2.24, 2.45) is 0 Å². The van der Waals surface area contributed by atoms with Gasteiger partial charge in [-0.1, -0.05) is 18.2 Å². The number of nitrogens with zero attached hydrogens (tertiary/aromatic N) is 2. The van der Waals surface area contributed by atoms with Crippen molar-refractivity contribution in [1.29, 1.82) is 0 Å². The zero-order valence-corrected chi connectivity index (χ0v) is 14.5. The lowest BCUT2D eigenvalue weighted by atomic mass is 10.2. The highest BCUT2D eigenvalue weighted by Gasteiger charge is 2.34. The molecule has 1 aliphatic rings. The smallest absolute Gasteiger partial charge is 0.248 e. The third-order valence-corrected chi connectivity index (χ3v) is 4.98. The summed E-state index contributed by atoms with van der Waals surface area (Å²) in [7, 11) is 4.83. The quantitative estimate of drug-likeness (QED) is 0.752. The number of thioether (sulfide) groups is 1. The van der Waals surface area contributed by atoms with Crippen molar-refractivity contribution in [3.8, 4) is 5.75 Å². The minimum absolute atomic E-state index is 0.0507. The molecule has 6 nitrogen and oxygen atoms in total. The highest BCUT2D eigenvalue weighted by molar-refractivity contribution is 8.00. The molecule has 0 bridgehead atoms. The van der Waals surface area contributed by atoms with Gasteiger partial charge in [-0.15, -0.1) is 11.8 Å². The van der Waals surface area contributed by atoms with Crippen LogP contribution in [-0.4, -0.2) is 68.3 Å². The number of hydrogen-bond donors (Lipinski definition) is 0. The van der Waals surface area contributed by atoms with Crippen molar-refractivity contribution in [3.05, 3.63) is 29.8 Å². The van der Waals surface area contributed by atoms with Crippen molar-refractivity contribution in [2.75, 3.05) is 46.7 Å². The van der Waals surface area contributed by atoms with Crippen molar-refractivity contribution >= 4 is 23.6 Å². The molecule has 2 rings (SSSR count). The van der Waals surface area contributed by atoms with E-state index >= 15 is 0 Å². The van der Waals surface area contributed by atoms with Crippen LogP contribution in [0.3, 0.4) is 0 Å². The van der Waals surface area contributed by atoms with Gasteiger partial charge in [0.2, 0.25) is 11.8 Å².